The number of methoxy groups -OCH3 is 2. The Kier molecular flexibility index (Phi) is 5.13. The number of benzene rings is 1. The minimum absolute atomic E-state index is 0.0218. The van der Waals surface area contributed by atoms with E-state index in [0.29, 0.717) is 43.5 Å². The summed E-state index contributed by atoms with van der Waals surface area (Å²) in [5.41, 5.74) is 0.636. The maximum atomic E-state index is 12.8. The van der Waals surface area contributed by atoms with Crippen molar-refractivity contribution in [3.05, 3.63) is 18.2 Å². The molecule has 0 aliphatic carbocycles. The van der Waals surface area contributed by atoms with E-state index in [-0.39, 0.29) is 30.2 Å². The van der Waals surface area contributed by atoms with Crippen molar-refractivity contribution in [2.24, 2.45) is 5.92 Å². The van der Waals surface area contributed by atoms with Gasteiger partial charge in [-0.25, -0.2) is 0 Å². The number of amides is 2. The van der Waals surface area contributed by atoms with Gasteiger partial charge in [-0.3, -0.25) is 9.59 Å². The van der Waals surface area contributed by atoms with Crippen LogP contribution in [0.2, 0.25) is 0 Å². The third-order valence-electron chi connectivity index (χ3n) is 4.80. The Bertz CT molecular complexity index is 663. The number of ether oxygens (including phenoxy) is 3. The number of rotatable bonds is 4. The van der Waals surface area contributed by atoms with Crippen LogP contribution < -0.4 is 14.4 Å². The number of hydrogen-bond acceptors (Lipinski definition) is 5. The molecule has 2 saturated heterocycles. The topological polar surface area (TPSA) is 68.3 Å². The lowest BCUT2D eigenvalue weighted by molar-refractivity contribution is -0.143. The molecule has 1 aromatic carbocycles. The van der Waals surface area contributed by atoms with Gasteiger partial charge in [0.15, 0.2) is 0 Å². The zero-order chi connectivity index (χ0) is 18.0. The molecule has 0 spiro atoms. The molecule has 0 N–H and O–H groups in total. The van der Waals surface area contributed by atoms with Crippen LogP contribution in [0.3, 0.4) is 0 Å². The number of nitrogens with zero attached hydrogens (tertiary/aromatic N) is 2. The Balaban J connectivity index is 1.80. The highest BCUT2D eigenvalue weighted by atomic mass is 16.5. The summed E-state index contributed by atoms with van der Waals surface area (Å²) in [6.45, 7) is 3.99. The quantitative estimate of drug-likeness (QED) is 0.820. The van der Waals surface area contributed by atoms with Gasteiger partial charge in [0.1, 0.15) is 11.5 Å². The fraction of sp³-hybridized carbons (Fsp3) is 0.556. The molecule has 2 fully saturated rings. The van der Waals surface area contributed by atoms with Crippen molar-refractivity contribution in [1.29, 1.82) is 0 Å². The Labute approximate surface area is 147 Å². The third kappa shape index (κ3) is 3.42. The number of anilines is 1. The summed E-state index contributed by atoms with van der Waals surface area (Å²) < 4.78 is 16.0. The van der Waals surface area contributed by atoms with Crippen LogP contribution in [-0.4, -0.2) is 63.3 Å². The summed E-state index contributed by atoms with van der Waals surface area (Å²) >= 11 is 0. The maximum absolute atomic E-state index is 12.8. The number of morpholine rings is 1. The van der Waals surface area contributed by atoms with Gasteiger partial charge < -0.3 is 24.0 Å². The molecule has 0 radical (unpaired) electrons. The third-order valence-corrected chi connectivity index (χ3v) is 4.80. The van der Waals surface area contributed by atoms with Crippen molar-refractivity contribution < 1.29 is 23.8 Å². The molecular weight excluding hydrogens is 324 g/mol. The molecule has 2 atom stereocenters. The largest absolute Gasteiger partial charge is 0.497 e. The van der Waals surface area contributed by atoms with Gasteiger partial charge in [-0.05, 0) is 19.1 Å². The molecule has 7 heteroatoms. The predicted molar refractivity (Wildman–Crippen MR) is 92.0 cm³/mol. The van der Waals surface area contributed by atoms with Crippen LogP contribution in [0.1, 0.15) is 13.3 Å². The second kappa shape index (κ2) is 7.31. The van der Waals surface area contributed by atoms with Gasteiger partial charge >= 0.3 is 0 Å². The van der Waals surface area contributed by atoms with Gasteiger partial charge in [-0.2, -0.15) is 0 Å². The van der Waals surface area contributed by atoms with Gasteiger partial charge in [-0.1, -0.05) is 0 Å². The van der Waals surface area contributed by atoms with Crippen LogP contribution in [0.15, 0.2) is 18.2 Å². The monoisotopic (exact) mass is 348 g/mol. The molecule has 0 unspecified atom stereocenters. The van der Waals surface area contributed by atoms with E-state index in [4.69, 9.17) is 14.2 Å². The lowest BCUT2D eigenvalue weighted by Crippen LogP contribution is -2.49. The first-order valence-corrected chi connectivity index (χ1v) is 8.45. The van der Waals surface area contributed by atoms with Crippen molar-refractivity contribution in [2.45, 2.75) is 19.4 Å². The Morgan fingerprint density at radius 3 is 2.76 bits per heavy atom. The molecule has 2 aliphatic rings. The SMILES string of the molecule is COc1ccc(OC)c(N2C[C@@H](C(=O)N3CCOC[C@H]3C)CC2=O)c1. The van der Waals surface area contributed by atoms with Crippen molar-refractivity contribution in [2.75, 3.05) is 45.4 Å². The van der Waals surface area contributed by atoms with E-state index in [1.807, 2.05) is 11.8 Å². The Hall–Kier alpha value is -2.28. The normalized spacial score (nSPS) is 23.7. The van der Waals surface area contributed by atoms with Gasteiger partial charge in [0.25, 0.3) is 0 Å². The zero-order valence-corrected chi connectivity index (χ0v) is 14.9. The average Bonchev–Trinajstić information content (AvgIpc) is 3.02. The lowest BCUT2D eigenvalue weighted by atomic mass is 10.1. The smallest absolute Gasteiger partial charge is 0.228 e. The van der Waals surface area contributed by atoms with Crippen molar-refractivity contribution in [1.82, 2.24) is 4.90 Å². The van der Waals surface area contributed by atoms with E-state index in [0.717, 1.165) is 0 Å². The van der Waals surface area contributed by atoms with Gasteiger partial charge in [0.2, 0.25) is 11.8 Å². The second-order valence-corrected chi connectivity index (χ2v) is 6.40. The van der Waals surface area contributed by atoms with Crippen LogP contribution in [0.25, 0.3) is 0 Å². The molecule has 2 aliphatic heterocycles. The average molecular weight is 348 g/mol. The van der Waals surface area contributed by atoms with Gasteiger partial charge in [-0.15, -0.1) is 0 Å². The van der Waals surface area contributed by atoms with Crippen molar-refractivity contribution in [3.8, 4) is 11.5 Å². The van der Waals surface area contributed by atoms with E-state index in [1.54, 1.807) is 37.3 Å². The first-order valence-electron chi connectivity index (χ1n) is 8.45. The molecule has 0 saturated carbocycles. The standard InChI is InChI=1S/C18H24N2O5/c1-12-11-25-7-6-19(12)18(22)13-8-17(21)20(10-13)15-9-14(23-2)4-5-16(15)24-3/h4-5,9,12-13H,6-8,10-11H2,1-3H3/t12-,13+/m1/s1. The van der Waals surface area contributed by atoms with E-state index < -0.39 is 0 Å². The molecule has 7 nitrogen and oxygen atoms in total. The van der Waals surface area contributed by atoms with Crippen LogP contribution in [0.5, 0.6) is 11.5 Å². The Morgan fingerprint density at radius 1 is 1.28 bits per heavy atom. The van der Waals surface area contributed by atoms with Gasteiger partial charge in [0.05, 0.1) is 45.1 Å². The van der Waals surface area contributed by atoms with E-state index in [1.165, 1.54) is 0 Å². The number of carbonyl (C=O) groups is 2. The highest BCUT2D eigenvalue weighted by molar-refractivity contribution is 6.01. The first-order chi connectivity index (χ1) is 12.0. The van der Waals surface area contributed by atoms with Crippen LogP contribution >= 0.6 is 0 Å². The molecular formula is C18H24N2O5. The molecule has 0 aromatic heterocycles. The second-order valence-electron chi connectivity index (χ2n) is 6.40. The molecule has 2 amide bonds. The molecule has 3 rings (SSSR count). The lowest BCUT2D eigenvalue weighted by Gasteiger charge is -2.35. The molecule has 2 heterocycles. The fourth-order valence-electron chi connectivity index (χ4n) is 3.40. The van der Waals surface area contributed by atoms with E-state index in [2.05, 4.69) is 0 Å². The minimum Gasteiger partial charge on any atom is -0.497 e. The van der Waals surface area contributed by atoms with Crippen LogP contribution in [0, 0.1) is 5.92 Å². The van der Waals surface area contributed by atoms with E-state index >= 15 is 0 Å². The highest BCUT2D eigenvalue weighted by Crippen LogP contribution is 2.36. The summed E-state index contributed by atoms with van der Waals surface area (Å²) in [7, 11) is 3.13. The summed E-state index contributed by atoms with van der Waals surface area (Å²) in [6.07, 6.45) is 0.212. The van der Waals surface area contributed by atoms with Crippen LogP contribution in [0.4, 0.5) is 5.69 Å². The summed E-state index contributed by atoms with van der Waals surface area (Å²) in [6, 6.07) is 5.35. The summed E-state index contributed by atoms with van der Waals surface area (Å²) in [5.74, 6) is 0.824. The first kappa shape index (κ1) is 17.5. The van der Waals surface area contributed by atoms with E-state index in [9.17, 15) is 9.59 Å². The zero-order valence-electron chi connectivity index (χ0n) is 14.9. The van der Waals surface area contributed by atoms with Crippen molar-refractivity contribution >= 4 is 17.5 Å². The maximum Gasteiger partial charge on any atom is 0.228 e. The summed E-state index contributed by atoms with van der Waals surface area (Å²) in [4.78, 5) is 28.8. The molecule has 25 heavy (non-hydrogen) atoms. The number of carbonyl (C=O) groups excluding carboxylic acids is 2. The van der Waals surface area contributed by atoms with Gasteiger partial charge in [0, 0.05) is 25.6 Å². The predicted octanol–water partition coefficient (Wildman–Crippen LogP) is 1.30. The molecule has 136 valence electrons. The van der Waals surface area contributed by atoms with Crippen molar-refractivity contribution in [3.63, 3.8) is 0 Å². The molecule has 1 aromatic rings. The fourth-order valence-corrected chi connectivity index (χ4v) is 3.40. The Morgan fingerprint density at radius 2 is 2.08 bits per heavy atom. The number of hydrogen-bond donors (Lipinski definition) is 0. The highest BCUT2D eigenvalue weighted by Gasteiger charge is 2.39. The van der Waals surface area contributed by atoms with Crippen LogP contribution in [-0.2, 0) is 14.3 Å². The molecule has 0 bridgehead atoms. The minimum atomic E-state index is -0.344. The summed E-state index contributed by atoms with van der Waals surface area (Å²) in [5, 5.41) is 0.